The Balaban J connectivity index is 2.20. The quantitative estimate of drug-likeness (QED) is 0.807. The lowest BCUT2D eigenvalue weighted by atomic mass is 10.1. The molecule has 0 aromatic rings. The average molecular weight is 240 g/mol. The summed E-state index contributed by atoms with van der Waals surface area (Å²) in [5.41, 5.74) is 0. The minimum atomic E-state index is -4.51. The van der Waals surface area contributed by atoms with Crippen molar-refractivity contribution in [2.45, 2.75) is 31.7 Å². The Morgan fingerprint density at radius 2 is 2.06 bits per heavy atom. The lowest BCUT2D eigenvalue weighted by molar-refractivity contribution is -0.325. The standard InChI is InChI=1S/C10H19F3N2O/c1-15(7-8-16-10(11,12)13)9-3-2-5-14-6-4-9/h9,14H,2-8H2,1H3. The van der Waals surface area contributed by atoms with Gasteiger partial charge < -0.3 is 10.2 Å². The van der Waals surface area contributed by atoms with Gasteiger partial charge in [0, 0.05) is 12.6 Å². The minimum Gasteiger partial charge on any atom is -0.317 e. The fourth-order valence-corrected chi connectivity index (χ4v) is 1.93. The van der Waals surface area contributed by atoms with Crippen LogP contribution in [0.4, 0.5) is 13.2 Å². The molecule has 0 saturated carbocycles. The summed E-state index contributed by atoms with van der Waals surface area (Å²) in [6, 6.07) is 0.367. The highest BCUT2D eigenvalue weighted by Gasteiger charge is 2.29. The molecule has 0 aromatic carbocycles. The maximum Gasteiger partial charge on any atom is 0.522 e. The van der Waals surface area contributed by atoms with E-state index in [0.717, 1.165) is 32.4 Å². The largest absolute Gasteiger partial charge is 0.522 e. The molecule has 0 bridgehead atoms. The maximum absolute atomic E-state index is 11.8. The minimum absolute atomic E-state index is 0.288. The first kappa shape index (κ1) is 13.7. The van der Waals surface area contributed by atoms with E-state index < -0.39 is 6.36 Å². The van der Waals surface area contributed by atoms with Crippen molar-refractivity contribution >= 4 is 0 Å². The molecule has 0 amide bonds. The smallest absolute Gasteiger partial charge is 0.317 e. The second kappa shape index (κ2) is 6.42. The molecule has 1 atom stereocenters. The summed E-state index contributed by atoms with van der Waals surface area (Å²) in [6.07, 6.45) is -1.40. The first-order valence-electron chi connectivity index (χ1n) is 5.60. The Kier molecular flexibility index (Phi) is 5.51. The zero-order valence-corrected chi connectivity index (χ0v) is 9.52. The number of hydrogen-bond acceptors (Lipinski definition) is 3. The van der Waals surface area contributed by atoms with Gasteiger partial charge in [0.25, 0.3) is 0 Å². The molecule has 1 saturated heterocycles. The number of rotatable bonds is 4. The number of hydrogen-bond donors (Lipinski definition) is 1. The van der Waals surface area contributed by atoms with Crippen LogP contribution in [-0.2, 0) is 4.74 Å². The molecule has 1 aliphatic heterocycles. The Hall–Kier alpha value is -0.330. The van der Waals surface area contributed by atoms with Crippen LogP contribution >= 0.6 is 0 Å². The number of halogens is 3. The summed E-state index contributed by atoms with van der Waals surface area (Å²) in [7, 11) is 1.86. The van der Waals surface area contributed by atoms with Gasteiger partial charge in [-0.05, 0) is 39.4 Å². The highest BCUT2D eigenvalue weighted by Crippen LogP contribution is 2.16. The highest BCUT2D eigenvalue weighted by molar-refractivity contribution is 4.73. The predicted octanol–water partition coefficient (Wildman–Crippen LogP) is 1.60. The van der Waals surface area contributed by atoms with Gasteiger partial charge in [-0.1, -0.05) is 0 Å². The van der Waals surface area contributed by atoms with Crippen molar-refractivity contribution in [2.75, 3.05) is 33.3 Å². The van der Waals surface area contributed by atoms with Crippen LogP contribution in [0.15, 0.2) is 0 Å². The molecule has 1 unspecified atom stereocenters. The van der Waals surface area contributed by atoms with Crippen molar-refractivity contribution in [3.05, 3.63) is 0 Å². The third kappa shape index (κ3) is 5.67. The van der Waals surface area contributed by atoms with Gasteiger partial charge in [0.05, 0.1) is 6.61 Å². The lowest BCUT2D eigenvalue weighted by Crippen LogP contribution is -2.36. The zero-order chi connectivity index (χ0) is 12.0. The molecule has 1 rings (SSSR count). The molecule has 3 nitrogen and oxygen atoms in total. The molecule has 96 valence electrons. The molecule has 0 aromatic heterocycles. The molecule has 1 aliphatic rings. The molecule has 1 fully saturated rings. The monoisotopic (exact) mass is 240 g/mol. The van der Waals surface area contributed by atoms with E-state index in [2.05, 4.69) is 10.1 Å². The van der Waals surface area contributed by atoms with Gasteiger partial charge in [0.15, 0.2) is 0 Å². The second-order valence-electron chi connectivity index (χ2n) is 4.11. The van der Waals surface area contributed by atoms with Crippen LogP contribution in [0.25, 0.3) is 0 Å². The van der Waals surface area contributed by atoms with Gasteiger partial charge in [-0.2, -0.15) is 0 Å². The van der Waals surface area contributed by atoms with Crippen molar-refractivity contribution in [3.63, 3.8) is 0 Å². The van der Waals surface area contributed by atoms with E-state index in [1.165, 1.54) is 0 Å². The van der Waals surface area contributed by atoms with Crippen LogP contribution in [0, 0.1) is 0 Å². The third-order valence-corrected chi connectivity index (χ3v) is 2.88. The topological polar surface area (TPSA) is 24.5 Å². The van der Waals surface area contributed by atoms with E-state index in [4.69, 9.17) is 0 Å². The fourth-order valence-electron chi connectivity index (χ4n) is 1.93. The highest BCUT2D eigenvalue weighted by atomic mass is 19.4. The lowest BCUT2D eigenvalue weighted by Gasteiger charge is -2.26. The summed E-state index contributed by atoms with van der Waals surface area (Å²) in [5.74, 6) is 0. The number of alkyl halides is 3. The second-order valence-corrected chi connectivity index (χ2v) is 4.11. The van der Waals surface area contributed by atoms with E-state index in [1.54, 1.807) is 0 Å². The Bertz CT molecular complexity index is 191. The van der Waals surface area contributed by atoms with E-state index >= 15 is 0 Å². The molecular weight excluding hydrogens is 221 g/mol. The van der Waals surface area contributed by atoms with Crippen LogP contribution in [-0.4, -0.2) is 50.6 Å². The fraction of sp³-hybridized carbons (Fsp3) is 1.00. The van der Waals surface area contributed by atoms with Gasteiger partial charge in [-0.25, -0.2) is 0 Å². The molecule has 0 spiro atoms. The first-order valence-corrected chi connectivity index (χ1v) is 5.60. The van der Waals surface area contributed by atoms with Gasteiger partial charge >= 0.3 is 6.36 Å². The molecule has 0 radical (unpaired) electrons. The van der Waals surface area contributed by atoms with E-state index in [1.807, 2.05) is 11.9 Å². The molecule has 6 heteroatoms. The molecule has 0 aliphatic carbocycles. The Morgan fingerprint density at radius 3 is 2.75 bits per heavy atom. The number of nitrogens with one attached hydrogen (secondary N) is 1. The first-order chi connectivity index (χ1) is 7.49. The predicted molar refractivity (Wildman–Crippen MR) is 55.1 cm³/mol. The van der Waals surface area contributed by atoms with Crippen LogP contribution in [0.1, 0.15) is 19.3 Å². The van der Waals surface area contributed by atoms with Crippen molar-refractivity contribution < 1.29 is 17.9 Å². The summed E-state index contributed by atoms with van der Waals surface area (Å²) < 4.78 is 39.1. The van der Waals surface area contributed by atoms with Crippen LogP contribution in [0.3, 0.4) is 0 Å². The van der Waals surface area contributed by atoms with E-state index in [-0.39, 0.29) is 6.61 Å². The summed E-state index contributed by atoms with van der Waals surface area (Å²) >= 11 is 0. The Morgan fingerprint density at radius 1 is 1.31 bits per heavy atom. The van der Waals surface area contributed by atoms with Crippen molar-refractivity contribution in [1.82, 2.24) is 10.2 Å². The third-order valence-electron chi connectivity index (χ3n) is 2.88. The Labute approximate surface area is 93.9 Å². The average Bonchev–Trinajstić information content (AvgIpc) is 2.43. The van der Waals surface area contributed by atoms with Gasteiger partial charge in [0.2, 0.25) is 0 Å². The summed E-state index contributed by atoms with van der Waals surface area (Å²) in [5, 5.41) is 3.27. The summed E-state index contributed by atoms with van der Waals surface area (Å²) in [4.78, 5) is 1.96. The normalized spacial score (nSPS) is 23.4. The van der Waals surface area contributed by atoms with Crippen LogP contribution in [0.5, 0.6) is 0 Å². The maximum atomic E-state index is 11.8. The van der Waals surface area contributed by atoms with E-state index in [0.29, 0.717) is 12.6 Å². The van der Waals surface area contributed by atoms with Crippen LogP contribution < -0.4 is 5.32 Å². The molecular formula is C10H19F3N2O. The van der Waals surface area contributed by atoms with Crippen molar-refractivity contribution in [3.8, 4) is 0 Å². The zero-order valence-electron chi connectivity index (χ0n) is 9.52. The van der Waals surface area contributed by atoms with Gasteiger partial charge in [-0.15, -0.1) is 13.2 Å². The molecule has 16 heavy (non-hydrogen) atoms. The SMILES string of the molecule is CN(CCOC(F)(F)F)C1CCCNCC1. The van der Waals surface area contributed by atoms with E-state index in [9.17, 15) is 13.2 Å². The van der Waals surface area contributed by atoms with Gasteiger partial charge in [-0.3, -0.25) is 4.74 Å². The van der Waals surface area contributed by atoms with Crippen molar-refractivity contribution in [1.29, 1.82) is 0 Å². The summed E-state index contributed by atoms with van der Waals surface area (Å²) in [6.45, 7) is 1.98. The van der Waals surface area contributed by atoms with Crippen LogP contribution in [0.2, 0.25) is 0 Å². The molecule has 1 heterocycles. The number of likely N-dealkylation sites (N-methyl/N-ethyl adjacent to an activating group) is 1. The van der Waals surface area contributed by atoms with Crippen molar-refractivity contribution in [2.24, 2.45) is 0 Å². The number of nitrogens with zero attached hydrogens (tertiary/aromatic N) is 1. The van der Waals surface area contributed by atoms with Gasteiger partial charge in [0.1, 0.15) is 0 Å². The molecule has 1 N–H and O–H groups in total. The number of ether oxygens (including phenoxy) is 1.